The van der Waals surface area contributed by atoms with Crippen LogP contribution in [0.4, 0.5) is 14.2 Å². The Bertz CT molecular complexity index is 1620. The van der Waals surface area contributed by atoms with Crippen molar-refractivity contribution in [2.24, 2.45) is 0 Å². The van der Waals surface area contributed by atoms with Crippen LogP contribution < -0.4 is 9.64 Å². The van der Waals surface area contributed by atoms with E-state index in [0.717, 1.165) is 16.0 Å². The van der Waals surface area contributed by atoms with Gasteiger partial charge in [-0.1, -0.05) is 13.8 Å². The van der Waals surface area contributed by atoms with Gasteiger partial charge in [0.2, 0.25) is 0 Å². The van der Waals surface area contributed by atoms with Gasteiger partial charge in [0.15, 0.2) is 0 Å². The van der Waals surface area contributed by atoms with E-state index >= 15 is 0 Å². The van der Waals surface area contributed by atoms with Crippen molar-refractivity contribution in [3.8, 4) is 5.75 Å². The molecule has 8 nitrogen and oxygen atoms in total. The van der Waals surface area contributed by atoms with Crippen molar-refractivity contribution in [2.75, 3.05) is 25.1 Å². The van der Waals surface area contributed by atoms with E-state index in [1.165, 1.54) is 51.6 Å². The highest BCUT2D eigenvalue weighted by atomic mass is 32.1. The van der Waals surface area contributed by atoms with Crippen LogP contribution in [0, 0.1) is 5.82 Å². The average Bonchev–Trinajstić information content (AvgIpc) is 3.57. The first-order valence-electron chi connectivity index (χ1n) is 12.7. The van der Waals surface area contributed by atoms with Gasteiger partial charge in [-0.25, -0.2) is 14.0 Å². The van der Waals surface area contributed by atoms with Crippen molar-refractivity contribution in [3.05, 3.63) is 88.8 Å². The summed E-state index contributed by atoms with van der Waals surface area (Å²) in [5, 5.41) is 3.45. The van der Waals surface area contributed by atoms with Gasteiger partial charge in [-0.3, -0.25) is 9.69 Å². The second-order valence-corrected chi connectivity index (χ2v) is 11.0. The third-order valence-corrected chi connectivity index (χ3v) is 7.67. The number of rotatable bonds is 5. The molecule has 4 aromatic rings. The maximum Gasteiger partial charge on any atom is 0.420 e. The Balaban J connectivity index is 1.55. The zero-order chi connectivity index (χ0) is 28.6. The number of H-pyrrole nitrogens is 1. The first-order valence-corrected chi connectivity index (χ1v) is 13.6. The molecule has 0 unspecified atom stereocenters. The second kappa shape index (κ2) is 10.6. The van der Waals surface area contributed by atoms with Gasteiger partial charge >= 0.3 is 12.1 Å². The summed E-state index contributed by atoms with van der Waals surface area (Å²) in [6.07, 6.45) is 0.959. The number of hydrogen-bond donors (Lipinski definition) is 1. The van der Waals surface area contributed by atoms with Crippen molar-refractivity contribution in [2.45, 2.75) is 26.2 Å². The van der Waals surface area contributed by atoms with Crippen LogP contribution in [0.25, 0.3) is 16.5 Å². The zero-order valence-corrected chi connectivity index (χ0v) is 23.3. The maximum absolute atomic E-state index is 13.5. The highest BCUT2D eigenvalue weighted by Crippen LogP contribution is 2.41. The molecule has 0 saturated heterocycles. The molecule has 1 N–H and O–H groups in total. The second-order valence-electron chi connectivity index (χ2n) is 10.0. The Kier molecular flexibility index (Phi) is 7.20. The largest absolute Gasteiger partial charge is 0.462 e. The Hall–Kier alpha value is -4.44. The number of ether oxygens (including phenoxy) is 2. The van der Waals surface area contributed by atoms with Crippen LogP contribution in [0.5, 0.6) is 5.75 Å². The summed E-state index contributed by atoms with van der Waals surface area (Å²) in [5.41, 5.74) is 1.87. The molecular weight excluding hydrogens is 533 g/mol. The molecule has 0 atom stereocenters. The molecule has 0 saturated carbocycles. The number of hydrogen-bond acceptors (Lipinski definition) is 6. The molecule has 0 spiro atoms. The summed E-state index contributed by atoms with van der Waals surface area (Å²) in [5.74, 6) is -1.06. The molecule has 0 aliphatic carbocycles. The first-order chi connectivity index (χ1) is 19.1. The Labute approximate surface area is 234 Å². The monoisotopic (exact) mass is 561 g/mol. The van der Waals surface area contributed by atoms with E-state index in [0.29, 0.717) is 22.5 Å². The van der Waals surface area contributed by atoms with Gasteiger partial charge in [0, 0.05) is 47.7 Å². The third kappa shape index (κ3) is 5.10. The lowest BCUT2D eigenvalue weighted by Gasteiger charge is -2.29. The Morgan fingerprint density at radius 1 is 1.12 bits per heavy atom. The van der Waals surface area contributed by atoms with Crippen LogP contribution in [0.15, 0.2) is 66.2 Å². The van der Waals surface area contributed by atoms with Crippen molar-refractivity contribution >= 4 is 50.8 Å². The number of benzene rings is 2. The summed E-state index contributed by atoms with van der Waals surface area (Å²) in [7, 11) is 1.64. The molecule has 1 aliphatic rings. The molecule has 10 heteroatoms. The summed E-state index contributed by atoms with van der Waals surface area (Å²) in [6, 6.07) is 14.2. The average molecular weight is 562 g/mol. The summed E-state index contributed by atoms with van der Waals surface area (Å²) in [4.78, 5) is 45.5. The van der Waals surface area contributed by atoms with Crippen LogP contribution in [0.3, 0.4) is 0 Å². The highest BCUT2D eigenvalue weighted by molar-refractivity contribution is 7.14. The molecule has 2 aromatic heterocycles. The fraction of sp³-hybridized carbons (Fsp3) is 0.233. The molecule has 0 fully saturated rings. The van der Waals surface area contributed by atoms with Gasteiger partial charge in [-0.05, 0) is 66.4 Å². The fourth-order valence-corrected chi connectivity index (χ4v) is 5.57. The molecular formula is C30H28FN3O5S. The van der Waals surface area contributed by atoms with Crippen molar-refractivity contribution in [3.63, 3.8) is 0 Å². The summed E-state index contributed by atoms with van der Waals surface area (Å²) < 4.78 is 24.5. The van der Waals surface area contributed by atoms with Gasteiger partial charge in [-0.15, -0.1) is 11.3 Å². The van der Waals surface area contributed by atoms with Crippen LogP contribution in [0.2, 0.25) is 0 Å². The SMILES string of the molecule is CCOC(=O)C1=CN(C(=O)c2ccc(F)cc2)CC(C)(C)c2c1[nH]c1cc(OC(=O)N(C)c3cccs3)ccc21. The lowest BCUT2D eigenvalue weighted by molar-refractivity contribution is -0.136. The van der Waals surface area contributed by atoms with Crippen molar-refractivity contribution in [1.29, 1.82) is 0 Å². The van der Waals surface area contributed by atoms with E-state index in [1.54, 1.807) is 26.1 Å². The molecule has 5 rings (SSSR count). The van der Waals surface area contributed by atoms with Gasteiger partial charge in [0.1, 0.15) is 16.6 Å². The fourth-order valence-electron chi connectivity index (χ4n) is 4.89. The van der Waals surface area contributed by atoms with Gasteiger partial charge in [-0.2, -0.15) is 0 Å². The van der Waals surface area contributed by atoms with Gasteiger partial charge < -0.3 is 19.4 Å². The minimum atomic E-state index is -0.619. The normalized spacial score (nSPS) is 14.2. The lowest BCUT2D eigenvalue weighted by Crippen LogP contribution is -2.37. The first kappa shape index (κ1) is 27.1. The van der Waals surface area contributed by atoms with E-state index in [-0.39, 0.29) is 24.6 Å². The molecule has 1 aliphatic heterocycles. The predicted molar refractivity (Wildman–Crippen MR) is 152 cm³/mol. The van der Waals surface area contributed by atoms with Crippen LogP contribution in [-0.2, 0) is 14.9 Å². The van der Waals surface area contributed by atoms with E-state index in [2.05, 4.69) is 4.98 Å². The van der Waals surface area contributed by atoms with Crippen molar-refractivity contribution in [1.82, 2.24) is 9.88 Å². The molecule has 3 heterocycles. The molecule has 0 bridgehead atoms. The smallest absolute Gasteiger partial charge is 0.420 e. The molecule has 2 aromatic carbocycles. The molecule has 40 heavy (non-hydrogen) atoms. The number of nitrogens with zero attached hydrogens (tertiary/aromatic N) is 2. The standard InChI is InChI=1S/C30H28FN3O5S/c1-5-38-28(36)22-16-34(27(35)18-8-10-19(31)11-9-18)17-30(2,3)25-21-13-12-20(15-23(21)32-26(22)25)39-29(37)33(4)24-7-6-14-40-24/h6-16,32H,5,17H2,1-4H3. The highest BCUT2D eigenvalue weighted by Gasteiger charge is 2.37. The van der Waals surface area contributed by atoms with Crippen molar-refractivity contribution < 1.29 is 28.2 Å². The van der Waals surface area contributed by atoms with Gasteiger partial charge in [0.05, 0.1) is 17.9 Å². The minimum absolute atomic E-state index is 0.152. The number of amides is 2. The van der Waals surface area contributed by atoms with Gasteiger partial charge in [0.25, 0.3) is 5.91 Å². The molecule has 206 valence electrons. The van der Waals surface area contributed by atoms with E-state index < -0.39 is 23.3 Å². The number of aromatic amines is 1. The molecule has 0 radical (unpaired) electrons. The Morgan fingerprint density at radius 3 is 2.55 bits per heavy atom. The van der Waals surface area contributed by atoms with E-state index in [4.69, 9.17) is 9.47 Å². The summed E-state index contributed by atoms with van der Waals surface area (Å²) >= 11 is 1.42. The number of carbonyl (C=O) groups is 3. The Morgan fingerprint density at radius 2 is 1.88 bits per heavy atom. The number of aromatic nitrogens is 1. The van der Waals surface area contributed by atoms with E-state index in [1.807, 2.05) is 37.4 Å². The van der Waals surface area contributed by atoms with Crippen LogP contribution in [-0.4, -0.2) is 48.1 Å². The third-order valence-electron chi connectivity index (χ3n) is 6.73. The number of thiophene rings is 1. The quantitative estimate of drug-likeness (QED) is 0.287. The number of halogens is 1. The zero-order valence-electron chi connectivity index (χ0n) is 22.5. The number of fused-ring (bicyclic) bond motifs is 3. The predicted octanol–water partition coefficient (Wildman–Crippen LogP) is 6.34. The maximum atomic E-state index is 13.5. The number of esters is 1. The minimum Gasteiger partial charge on any atom is -0.462 e. The van der Waals surface area contributed by atoms with Crippen LogP contribution in [0.1, 0.15) is 42.4 Å². The van der Waals surface area contributed by atoms with Crippen LogP contribution >= 0.6 is 11.3 Å². The molecule has 2 amide bonds. The number of anilines is 1. The summed E-state index contributed by atoms with van der Waals surface area (Å²) in [6.45, 7) is 6.07. The lowest BCUT2D eigenvalue weighted by atomic mass is 9.81. The topological polar surface area (TPSA) is 91.9 Å². The number of nitrogens with one attached hydrogen (secondary N) is 1. The van der Waals surface area contributed by atoms with E-state index in [9.17, 15) is 18.8 Å². The number of carbonyl (C=O) groups excluding carboxylic acids is 3.